The summed E-state index contributed by atoms with van der Waals surface area (Å²) in [6.07, 6.45) is -4.46. The molecule has 4 aromatic carbocycles. The second-order valence-corrected chi connectivity index (χ2v) is 17.6. The van der Waals surface area contributed by atoms with Gasteiger partial charge in [0.15, 0.2) is 5.43 Å². The molecule has 2 aliphatic heterocycles. The fraction of sp³-hybridized carbons (Fsp3) is 0.220. The van der Waals surface area contributed by atoms with Crippen LogP contribution in [-0.2, 0) is 15.1 Å². The van der Waals surface area contributed by atoms with Gasteiger partial charge in [-0.05, 0) is 42.3 Å². The third kappa shape index (κ3) is 6.44. The van der Waals surface area contributed by atoms with Crippen LogP contribution in [0.4, 0.5) is 17.6 Å². The number of alkyl halides is 5. The van der Waals surface area contributed by atoms with Crippen LogP contribution in [0.2, 0.25) is 0 Å². The normalized spacial score (nSPS) is 14.8. The second kappa shape index (κ2) is 13.3. The minimum atomic E-state index is -4.81. The second-order valence-electron chi connectivity index (χ2n) is 13.2. The summed E-state index contributed by atoms with van der Waals surface area (Å²) < 4.78 is 73.3. The van der Waals surface area contributed by atoms with E-state index in [0.29, 0.717) is 45.6 Å². The van der Waals surface area contributed by atoms with Gasteiger partial charge in [-0.3, -0.25) is 4.79 Å². The molecule has 268 valence electrons. The Morgan fingerprint density at radius 2 is 1.58 bits per heavy atom. The Balaban J connectivity index is 1.07. The van der Waals surface area contributed by atoms with Crippen LogP contribution >= 0.6 is 20.2 Å². The number of ether oxygens (including phenoxy) is 1. The van der Waals surface area contributed by atoms with Crippen molar-refractivity contribution < 1.29 is 34.6 Å². The van der Waals surface area contributed by atoms with E-state index in [1.807, 2.05) is 37.3 Å². The maximum absolute atomic E-state index is 15.5. The predicted octanol–water partition coefficient (Wildman–Crippen LogP) is 10.3. The minimum Gasteiger partial charge on any atom is -0.456 e. The Morgan fingerprint density at radius 1 is 0.865 bits per heavy atom. The van der Waals surface area contributed by atoms with Crippen molar-refractivity contribution in [2.45, 2.75) is 42.8 Å². The van der Waals surface area contributed by atoms with Crippen LogP contribution in [0, 0.1) is 10.5 Å². The van der Waals surface area contributed by atoms with Crippen molar-refractivity contribution in [3.63, 3.8) is 0 Å². The SMILES string of the molecule is Cc1ccc2c(-c3ccccc3C(=O)N(C)CCc3ccc(OC(F)(F)C(F)(F)I4OC(C)(C)c5ccccc54)cc3)c3ccc(=O)cc-3oc2c1. The first-order valence-electron chi connectivity index (χ1n) is 16.5. The number of likely N-dealkylation sites (N-methyl/N-ethyl adjacent to an activating group) is 1. The molecule has 3 aliphatic rings. The molecule has 1 amide bonds. The van der Waals surface area contributed by atoms with Crippen molar-refractivity contribution in [3.8, 4) is 28.2 Å². The summed E-state index contributed by atoms with van der Waals surface area (Å²) in [4.78, 5) is 27.7. The molecule has 0 saturated heterocycles. The molecular formula is C41H34F4INO5. The number of benzene rings is 5. The van der Waals surface area contributed by atoms with Crippen LogP contribution in [0.15, 0.2) is 118 Å². The topological polar surface area (TPSA) is 69.0 Å². The monoisotopic (exact) mass is 823 g/mol. The van der Waals surface area contributed by atoms with E-state index >= 15 is 17.6 Å². The Bertz CT molecular complexity index is 2340. The summed E-state index contributed by atoms with van der Waals surface area (Å²) in [5.74, 6) is -0.257. The molecule has 1 aliphatic carbocycles. The van der Waals surface area contributed by atoms with Gasteiger partial charge < -0.3 is 4.42 Å². The van der Waals surface area contributed by atoms with Crippen molar-refractivity contribution in [2.24, 2.45) is 0 Å². The number of nitrogens with zero attached hydrogens (tertiary/aromatic N) is 1. The van der Waals surface area contributed by atoms with Gasteiger partial charge >= 0.3 is 185 Å². The molecule has 0 radical (unpaired) electrons. The average Bonchev–Trinajstić information content (AvgIpc) is 3.40. The molecule has 4 aromatic rings. The zero-order valence-corrected chi connectivity index (χ0v) is 30.8. The number of halogens is 5. The standard InChI is InChI=1S/C41H34F4INO5/c1-25-13-19-31-35(23-25)50-36-24-27(48)16-20-32(36)37(31)29-9-5-6-10-30(29)38(49)47(4)22-21-26-14-17-28(18-15-26)51-41(44,45)40(42,43)46-34-12-8-7-11-33(34)39(2,3)52-46/h5-20,23-24H,21-22H2,1-4H3. The Hall–Kier alpha value is -4.75. The van der Waals surface area contributed by atoms with E-state index in [4.69, 9.17) is 7.48 Å². The molecule has 0 spiro atoms. The Kier molecular flexibility index (Phi) is 9.15. The molecule has 11 heteroatoms. The van der Waals surface area contributed by atoms with E-state index in [-0.39, 0.29) is 21.5 Å². The van der Waals surface area contributed by atoms with Crippen molar-refractivity contribution >= 4 is 37.1 Å². The maximum Gasteiger partial charge on any atom is 0.182 e. The van der Waals surface area contributed by atoms with Crippen molar-refractivity contribution in [3.05, 3.63) is 145 Å². The number of amides is 1. The molecule has 0 fully saturated rings. The maximum atomic E-state index is 15.5. The number of carbonyl (C=O) groups is 1. The number of hydrogen-bond donors (Lipinski definition) is 0. The van der Waals surface area contributed by atoms with Crippen molar-refractivity contribution in [2.75, 3.05) is 13.6 Å². The van der Waals surface area contributed by atoms with E-state index in [1.54, 1.807) is 62.2 Å². The summed E-state index contributed by atoms with van der Waals surface area (Å²) in [6.45, 7) is 5.40. The van der Waals surface area contributed by atoms with Crippen molar-refractivity contribution in [1.29, 1.82) is 0 Å². The zero-order chi connectivity index (χ0) is 37.0. The summed E-state index contributed by atoms with van der Waals surface area (Å²) in [5.41, 5.74) is 4.00. The molecule has 0 N–H and O–H groups in total. The first-order valence-corrected chi connectivity index (χ1v) is 19.5. The molecule has 52 heavy (non-hydrogen) atoms. The van der Waals surface area contributed by atoms with Gasteiger partial charge in [0.25, 0.3) is 0 Å². The fourth-order valence-corrected chi connectivity index (χ4v) is 11.5. The van der Waals surface area contributed by atoms with Crippen molar-refractivity contribution in [1.82, 2.24) is 4.90 Å². The van der Waals surface area contributed by atoms with Crippen LogP contribution in [0.1, 0.15) is 40.9 Å². The van der Waals surface area contributed by atoms with Crippen LogP contribution in [-0.4, -0.2) is 34.4 Å². The third-order valence-corrected chi connectivity index (χ3v) is 14.4. The van der Waals surface area contributed by atoms with Gasteiger partial charge in [0.2, 0.25) is 0 Å². The van der Waals surface area contributed by atoms with Crippen LogP contribution in [0.25, 0.3) is 33.4 Å². The van der Waals surface area contributed by atoms with Crippen LogP contribution in [0.3, 0.4) is 0 Å². The van der Waals surface area contributed by atoms with E-state index in [0.717, 1.165) is 16.5 Å². The zero-order valence-electron chi connectivity index (χ0n) is 28.7. The largest absolute Gasteiger partial charge is 0.456 e. The van der Waals surface area contributed by atoms with Gasteiger partial charge in [-0.1, -0.05) is 30.3 Å². The Morgan fingerprint density at radius 3 is 2.35 bits per heavy atom. The number of aryl methyl sites for hydroxylation is 1. The molecule has 0 unspecified atom stereocenters. The van der Waals surface area contributed by atoms with Gasteiger partial charge in [-0.25, -0.2) is 0 Å². The first kappa shape index (κ1) is 35.6. The van der Waals surface area contributed by atoms with E-state index < -0.39 is 41.6 Å². The number of hydrogen-bond acceptors (Lipinski definition) is 5. The number of rotatable bonds is 9. The first-order chi connectivity index (χ1) is 24.7. The van der Waals surface area contributed by atoms with E-state index in [9.17, 15) is 9.59 Å². The van der Waals surface area contributed by atoms with Gasteiger partial charge in [0, 0.05) is 22.6 Å². The summed E-state index contributed by atoms with van der Waals surface area (Å²) in [5, 5.41) is 0.789. The molecule has 0 atom stereocenters. The van der Waals surface area contributed by atoms with Gasteiger partial charge in [0.05, 0.1) is 0 Å². The quantitative estimate of drug-likeness (QED) is 0.0629. The third-order valence-electron chi connectivity index (χ3n) is 9.05. The molecule has 2 heterocycles. The van der Waals surface area contributed by atoms with Gasteiger partial charge in [-0.15, -0.1) is 0 Å². The molecule has 0 aromatic heterocycles. The number of fused-ring (bicyclic) bond motifs is 3. The summed E-state index contributed by atoms with van der Waals surface area (Å²) in [7, 11) is 1.66. The molecule has 7 rings (SSSR count). The van der Waals surface area contributed by atoms with Gasteiger partial charge in [-0.2, -0.15) is 0 Å². The molecule has 0 bridgehead atoms. The Labute approximate surface area is 305 Å². The van der Waals surface area contributed by atoms with Crippen LogP contribution in [0.5, 0.6) is 5.75 Å². The molecular weight excluding hydrogens is 789 g/mol. The van der Waals surface area contributed by atoms with E-state index in [1.165, 1.54) is 42.5 Å². The minimum absolute atomic E-state index is 0.149. The summed E-state index contributed by atoms with van der Waals surface area (Å²) in [6, 6.07) is 29.4. The summed E-state index contributed by atoms with van der Waals surface area (Å²) >= 11 is -4.19. The van der Waals surface area contributed by atoms with E-state index in [2.05, 4.69) is 4.74 Å². The van der Waals surface area contributed by atoms with Gasteiger partial charge in [0.1, 0.15) is 11.3 Å². The molecule has 6 nitrogen and oxygen atoms in total. The average molecular weight is 824 g/mol. The molecule has 0 saturated carbocycles. The smallest absolute Gasteiger partial charge is 0.182 e. The fourth-order valence-electron chi connectivity index (χ4n) is 6.34. The van der Waals surface area contributed by atoms with Crippen LogP contribution < -0.4 is 10.2 Å². The predicted molar refractivity (Wildman–Crippen MR) is 200 cm³/mol. The number of carbonyl (C=O) groups excluding carboxylic acids is 1.